The van der Waals surface area contributed by atoms with Crippen LogP contribution in [0.5, 0.6) is 0 Å². The molecule has 1 saturated heterocycles. The summed E-state index contributed by atoms with van der Waals surface area (Å²) in [7, 11) is 1.49. The van der Waals surface area contributed by atoms with Crippen LogP contribution in [0.2, 0.25) is 0 Å². The van der Waals surface area contributed by atoms with Gasteiger partial charge in [0.05, 0.1) is 0 Å². The third-order valence-corrected chi connectivity index (χ3v) is 6.66. The fourth-order valence-electron chi connectivity index (χ4n) is 4.26. The molecule has 8 nitrogen and oxygen atoms in total. The third kappa shape index (κ3) is 9.65. The van der Waals surface area contributed by atoms with Crippen LogP contribution in [0.25, 0.3) is 5.57 Å². The lowest BCUT2D eigenvalue weighted by Crippen LogP contribution is -2.60. The summed E-state index contributed by atoms with van der Waals surface area (Å²) in [6.45, 7) is 10.2. The molecule has 1 aliphatic heterocycles. The topological polar surface area (TPSA) is 124 Å². The predicted molar refractivity (Wildman–Crippen MR) is 154 cm³/mol. The number of allylic oxidation sites excluding steroid dienone is 6. The van der Waals surface area contributed by atoms with Crippen LogP contribution in [0.4, 0.5) is 19.0 Å². The molecule has 0 bridgehead atoms. The maximum absolute atomic E-state index is 14.9. The third-order valence-electron chi connectivity index (χ3n) is 6.33. The van der Waals surface area contributed by atoms with E-state index >= 15 is 0 Å². The molecule has 1 aliphatic carbocycles. The minimum atomic E-state index is -3.43. The van der Waals surface area contributed by atoms with E-state index in [0.717, 1.165) is 38.1 Å². The summed E-state index contributed by atoms with van der Waals surface area (Å²) in [5.41, 5.74) is 2.48. The van der Waals surface area contributed by atoms with Gasteiger partial charge in [-0.05, 0) is 45.8 Å². The van der Waals surface area contributed by atoms with Crippen molar-refractivity contribution in [2.75, 3.05) is 18.0 Å². The zero-order valence-electron chi connectivity index (χ0n) is 23.2. The summed E-state index contributed by atoms with van der Waals surface area (Å²) in [5.74, 6) is -0.462. The number of hydrogen-bond acceptors (Lipinski definition) is 6. The average Bonchev–Trinajstić information content (AvgIpc) is 2.81. The molecule has 39 heavy (non-hydrogen) atoms. The summed E-state index contributed by atoms with van der Waals surface area (Å²) in [5, 5.41) is 9.65. The summed E-state index contributed by atoms with van der Waals surface area (Å²) < 4.78 is 44.3. The fourth-order valence-corrected chi connectivity index (χ4v) is 4.52. The van der Waals surface area contributed by atoms with Crippen LogP contribution in [0.3, 0.4) is 0 Å². The number of carboxylic acid groups (broad SMARTS) is 1. The minimum Gasteiger partial charge on any atom is -0.483 e. The van der Waals surface area contributed by atoms with Crippen molar-refractivity contribution in [2.24, 2.45) is 11.1 Å². The Morgan fingerprint density at radius 3 is 2.36 bits per heavy atom. The van der Waals surface area contributed by atoms with Crippen molar-refractivity contribution >= 4 is 27.1 Å². The highest BCUT2D eigenvalue weighted by Crippen LogP contribution is 2.49. The second kappa shape index (κ2) is 15.6. The van der Waals surface area contributed by atoms with Gasteiger partial charge in [0, 0.05) is 41.9 Å². The van der Waals surface area contributed by atoms with Gasteiger partial charge < -0.3 is 26.0 Å². The van der Waals surface area contributed by atoms with Crippen molar-refractivity contribution in [1.82, 2.24) is 15.3 Å². The molecular weight excluding hydrogens is 530 g/mol. The van der Waals surface area contributed by atoms with Gasteiger partial charge in [0.15, 0.2) is 0 Å². The van der Waals surface area contributed by atoms with Crippen LogP contribution < -0.4 is 21.5 Å². The van der Waals surface area contributed by atoms with Crippen LogP contribution in [-0.2, 0) is 4.79 Å². The number of aromatic amines is 1. The highest BCUT2D eigenvalue weighted by molar-refractivity contribution is 7.18. The predicted octanol–water partition coefficient (Wildman–Crippen LogP) is 4.98. The highest BCUT2D eigenvalue weighted by Gasteiger charge is 2.48. The molecule has 3 atom stereocenters. The number of halogens is 3. The fraction of sp³-hybridized carbons (Fsp3) is 0.519. The smallest absolute Gasteiger partial charge is 0.290 e. The molecule has 1 aromatic heterocycles. The van der Waals surface area contributed by atoms with Crippen LogP contribution in [0.1, 0.15) is 59.7 Å². The molecule has 0 amide bonds. The van der Waals surface area contributed by atoms with Crippen molar-refractivity contribution < 1.29 is 23.1 Å². The van der Waals surface area contributed by atoms with Crippen molar-refractivity contribution in [1.29, 1.82) is 0 Å². The number of rotatable bonds is 9. The number of nitrogens with zero attached hydrogens (tertiary/aromatic N) is 2. The van der Waals surface area contributed by atoms with E-state index in [4.69, 9.17) is 15.6 Å². The molecule has 2 aliphatic rings. The van der Waals surface area contributed by atoms with Crippen LogP contribution in [-0.4, -0.2) is 52.4 Å². The van der Waals surface area contributed by atoms with Crippen molar-refractivity contribution in [3.8, 4) is 0 Å². The van der Waals surface area contributed by atoms with E-state index in [1.807, 2.05) is 18.7 Å². The second-order valence-corrected chi connectivity index (χ2v) is 10.00. The van der Waals surface area contributed by atoms with E-state index in [2.05, 4.69) is 15.3 Å². The van der Waals surface area contributed by atoms with Gasteiger partial charge in [-0.15, -0.1) is 0 Å². The van der Waals surface area contributed by atoms with Gasteiger partial charge in [-0.1, -0.05) is 47.7 Å². The van der Waals surface area contributed by atoms with Crippen LogP contribution in [0.15, 0.2) is 52.8 Å². The molecule has 2 fully saturated rings. The Morgan fingerprint density at radius 1 is 1.33 bits per heavy atom. The number of nitrogens with two attached hydrogens (primary N) is 1. The summed E-state index contributed by atoms with van der Waals surface area (Å²) in [4.78, 5) is 29.8. The molecule has 12 heteroatoms. The average molecular weight is 572 g/mol. The Bertz CT molecular complexity index is 1110. The molecule has 218 valence electrons. The molecular formula is C27H41F3N5O3P. The van der Waals surface area contributed by atoms with Gasteiger partial charge in [0.1, 0.15) is 23.5 Å². The molecule has 3 rings (SSSR count). The van der Waals surface area contributed by atoms with E-state index < -0.39 is 29.1 Å². The van der Waals surface area contributed by atoms with Gasteiger partial charge in [-0.3, -0.25) is 9.59 Å². The maximum Gasteiger partial charge on any atom is 0.290 e. The Balaban J connectivity index is 0.00000142. The largest absolute Gasteiger partial charge is 0.483 e. The zero-order chi connectivity index (χ0) is 29.8. The van der Waals surface area contributed by atoms with Gasteiger partial charge >= 0.3 is 0 Å². The standard InChI is InChI=1S/C24H33F3N5OP.C2H6.CH2O2/c1-4-6-8-18(15(3)28)29-21(24(26,27)34)17(11-16(25)5-2)22-30-19(12-20(33)31-22)32-13-23(14-32)9-7-10-23;1-2;2-1-3/h4-6,8,11-12,15,21,29H,7,9-10,13-14,28,34H2,1-3H3,(H,30,31,33);1-2H3;1H,(H,2,3)/b6-4-,16-5+,17-11-,18-8+;;. The quantitative estimate of drug-likeness (QED) is 0.187. The van der Waals surface area contributed by atoms with Gasteiger partial charge in [-0.25, -0.2) is 9.37 Å². The molecule has 1 spiro atoms. The normalized spacial score (nSPS) is 18.6. The number of H-pyrrole nitrogens is 1. The minimum absolute atomic E-state index is 0.122. The van der Waals surface area contributed by atoms with Gasteiger partial charge in [0.25, 0.3) is 17.7 Å². The van der Waals surface area contributed by atoms with Gasteiger partial charge in [0.2, 0.25) is 0 Å². The Labute approximate surface area is 230 Å². The van der Waals surface area contributed by atoms with E-state index in [1.54, 1.807) is 32.1 Å². The molecule has 3 unspecified atom stereocenters. The van der Waals surface area contributed by atoms with Crippen molar-refractivity contribution in [2.45, 2.75) is 71.6 Å². The number of nitrogens with one attached hydrogen (secondary N) is 2. The summed E-state index contributed by atoms with van der Waals surface area (Å²) in [6, 6.07) is -0.991. The molecule has 1 aromatic rings. The molecule has 0 aromatic carbocycles. The summed E-state index contributed by atoms with van der Waals surface area (Å²) in [6.07, 6.45) is 10.6. The lowest BCUT2D eigenvalue weighted by molar-refractivity contribution is -0.122. The molecule has 2 heterocycles. The molecule has 5 N–H and O–H groups in total. The van der Waals surface area contributed by atoms with Crippen molar-refractivity contribution in [3.05, 3.63) is 64.1 Å². The second-order valence-electron chi connectivity index (χ2n) is 9.23. The number of aromatic nitrogens is 2. The highest BCUT2D eigenvalue weighted by atomic mass is 31.0. The van der Waals surface area contributed by atoms with Gasteiger partial charge in [-0.2, -0.15) is 8.78 Å². The van der Waals surface area contributed by atoms with E-state index in [9.17, 15) is 18.0 Å². The number of anilines is 1. The Morgan fingerprint density at radius 2 is 1.92 bits per heavy atom. The van der Waals surface area contributed by atoms with E-state index in [1.165, 1.54) is 28.7 Å². The lowest BCUT2D eigenvalue weighted by Gasteiger charge is -2.56. The van der Waals surface area contributed by atoms with Crippen LogP contribution >= 0.6 is 9.24 Å². The first-order valence-electron chi connectivity index (χ1n) is 12.9. The van der Waals surface area contributed by atoms with E-state index in [-0.39, 0.29) is 23.3 Å². The lowest BCUT2D eigenvalue weighted by atomic mass is 9.63. The first kappa shape index (κ1) is 34.1. The zero-order valence-corrected chi connectivity index (χ0v) is 24.3. The molecule has 0 radical (unpaired) electrons. The van der Waals surface area contributed by atoms with E-state index in [0.29, 0.717) is 11.5 Å². The Kier molecular flexibility index (Phi) is 13.7. The monoisotopic (exact) mass is 571 g/mol. The van der Waals surface area contributed by atoms with Crippen molar-refractivity contribution in [3.63, 3.8) is 0 Å². The number of alkyl halides is 2. The first-order valence-corrected chi connectivity index (χ1v) is 13.5. The summed E-state index contributed by atoms with van der Waals surface area (Å²) >= 11 is 0. The maximum atomic E-state index is 14.9. The first-order chi connectivity index (χ1) is 18.4. The SMILES string of the molecule is C/C=C\C=C(\NC(/C(=C/C(F)=C\C)c1nc(N2CC3(CCC3)C2)cc(=O)[nH]1)C(F)(F)P)C(C)N.CC.O=CO. The number of carbonyl (C=O) groups is 1. The molecule has 1 saturated carbocycles. The Hall–Kier alpha value is -2.91. The number of hydrogen-bond donors (Lipinski definition) is 4. The van der Waals surface area contributed by atoms with Crippen LogP contribution in [0, 0.1) is 5.41 Å².